The Morgan fingerprint density at radius 2 is 2.29 bits per heavy atom. The van der Waals surface area contributed by atoms with Crippen molar-refractivity contribution in [2.75, 3.05) is 39.8 Å². The van der Waals surface area contributed by atoms with E-state index >= 15 is 0 Å². The minimum absolute atomic E-state index is 0.540. The van der Waals surface area contributed by atoms with Crippen molar-refractivity contribution in [3.8, 4) is 0 Å². The molecule has 1 unspecified atom stereocenters. The molecule has 2 N–H and O–H groups in total. The van der Waals surface area contributed by atoms with Gasteiger partial charge in [0.1, 0.15) is 0 Å². The Morgan fingerprint density at radius 3 is 2.94 bits per heavy atom. The van der Waals surface area contributed by atoms with Crippen LogP contribution in [0.15, 0.2) is 17.5 Å². The molecule has 0 aromatic carbocycles. The monoisotopic (exact) mass is 253 g/mol. The van der Waals surface area contributed by atoms with Gasteiger partial charge in [-0.25, -0.2) is 0 Å². The fourth-order valence-corrected chi connectivity index (χ4v) is 3.24. The zero-order valence-electron chi connectivity index (χ0n) is 10.6. The zero-order valence-corrected chi connectivity index (χ0v) is 11.4. The Morgan fingerprint density at radius 1 is 1.47 bits per heavy atom. The molecular weight excluding hydrogens is 230 g/mol. The van der Waals surface area contributed by atoms with Gasteiger partial charge in [0.15, 0.2) is 0 Å². The third-order valence-electron chi connectivity index (χ3n) is 3.41. The lowest BCUT2D eigenvalue weighted by Crippen LogP contribution is -2.43. The van der Waals surface area contributed by atoms with Crippen LogP contribution in [0.3, 0.4) is 0 Å². The summed E-state index contributed by atoms with van der Waals surface area (Å²) in [5.41, 5.74) is 0. The van der Waals surface area contributed by atoms with E-state index in [-0.39, 0.29) is 0 Å². The fraction of sp³-hybridized carbons (Fsp3) is 0.692. The van der Waals surface area contributed by atoms with E-state index in [4.69, 9.17) is 0 Å². The summed E-state index contributed by atoms with van der Waals surface area (Å²) in [6.07, 6.45) is 2.52. The molecule has 0 saturated carbocycles. The van der Waals surface area contributed by atoms with Gasteiger partial charge < -0.3 is 15.5 Å². The van der Waals surface area contributed by atoms with E-state index in [0.29, 0.717) is 6.04 Å². The predicted molar refractivity (Wildman–Crippen MR) is 74.7 cm³/mol. The van der Waals surface area contributed by atoms with Crippen LogP contribution in [0.25, 0.3) is 0 Å². The molecule has 2 rings (SSSR count). The maximum Gasteiger partial charge on any atom is 0.0412 e. The average Bonchev–Trinajstić information content (AvgIpc) is 2.90. The molecule has 0 radical (unpaired) electrons. The first-order chi connectivity index (χ1) is 8.40. The molecule has 2 heterocycles. The van der Waals surface area contributed by atoms with E-state index in [1.807, 2.05) is 11.3 Å². The molecule has 0 spiro atoms. The van der Waals surface area contributed by atoms with Crippen molar-refractivity contribution >= 4 is 11.3 Å². The third-order valence-corrected chi connectivity index (χ3v) is 4.40. The SMILES string of the molecule is CNC(CCCN1CCNCC1)c1cccs1. The Labute approximate surface area is 108 Å². The number of thiophene rings is 1. The van der Waals surface area contributed by atoms with Gasteiger partial charge in [0.25, 0.3) is 0 Å². The normalized spacial score (nSPS) is 19.4. The second-order valence-corrected chi connectivity index (χ2v) is 5.57. The van der Waals surface area contributed by atoms with Gasteiger partial charge in [0.05, 0.1) is 0 Å². The van der Waals surface area contributed by atoms with Gasteiger partial charge in [-0.05, 0) is 37.9 Å². The van der Waals surface area contributed by atoms with Gasteiger partial charge in [-0.3, -0.25) is 0 Å². The van der Waals surface area contributed by atoms with Crippen LogP contribution in [0.1, 0.15) is 23.8 Å². The summed E-state index contributed by atoms with van der Waals surface area (Å²) < 4.78 is 0. The molecule has 0 bridgehead atoms. The van der Waals surface area contributed by atoms with E-state index < -0.39 is 0 Å². The number of piperazine rings is 1. The highest BCUT2D eigenvalue weighted by atomic mass is 32.1. The van der Waals surface area contributed by atoms with Crippen LogP contribution in [0.4, 0.5) is 0 Å². The molecule has 4 heteroatoms. The van der Waals surface area contributed by atoms with E-state index in [1.54, 1.807) is 0 Å². The van der Waals surface area contributed by atoms with Crippen LogP contribution >= 0.6 is 11.3 Å². The van der Waals surface area contributed by atoms with Crippen molar-refractivity contribution < 1.29 is 0 Å². The Balaban J connectivity index is 1.69. The van der Waals surface area contributed by atoms with Crippen molar-refractivity contribution in [3.05, 3.63) is 22.4 Å². The van der Waals surface area contributed by atoms with Crippen LogP contribution in [-0.4, -0.2) is 44.7 Å². The summed E-state index contributed by atoms with van der Waals surface area (Å²) in [5, 5.41) is 8.98. The number of hydrogen-bond acceptors (Lipinski definition) is 4. The van der Waals surface area contributed by atoms with Crippen LogP contribution in [0.2, 0.25) is 0 Å². The Bertz CT molecular complexity index is 294. The Kier molecular flexibility index (Phi) is 5.45. The molecule has 1 fully saturated rings. The summed E-state index contributed by atoms with van der Waals surface area (Å²) >= 11 is 1.86. The largest absolute Gasteiger partial charge is 0.314 e. The van der Waals surface area contributed by atoms with E-state index in [2.05, 4.69) is 40.1 Å². The summed E-state index contributed by atoms with van der Waals surface area (Å²) in [7, 11) is 2.06. The van der Waals surface area contributed by atoms with Gasteiger partial charge in [-0.2, -0.15) is 0 Å². The minimum atomic E-state index is 0.540. The molecule has 1 saturated heterocycles. The molecule has 1 aromatic heterocycles. The van der Waals surface area contributed by atoms with Gasteiger partial charge in [0, 0.05) is 37.1 Å². The molecule has 1 atom stereocenters. The van der Waals surface area contributed by atoms with Crippen LogP contribution < -0.4 is 10.6 Å². The fourth-order valence-electron chi connectivity index (χ4n) is 2.37. The minimum Gasteiger partial charge on any atom is -0.314 e. The quantitative estimate of drug-likeness (QED) is 0.808. The standard InChI is InChI=1S/C13H23N3S/c1-14-12(13-5-3-11-17-13)4-2-8-16-9-6-15-7-10-16/h3,5,11-12,14-15H,2,4,6-10H2,1H3. The lowest BCUT2D eigenvalue weighted by molar-refractivity contribution is 0.233. The zero-order chi connectivity index (χ0) is 11.9. The lowest BCUT2D eigenvalue weighted by Gasteiger charge is -2.27. The molecular formula is C13H23N3S. The summed E-state index contributed by atoms with van der Waals surface area (Å²) in [6.45, 7) is 5.97. The van der Waals surface area contributed by atoms with Crippen LogP contribution in [-0.2, 0) is 0 Å². The molecule has 1 aliphatic rings. The van der Waals surface area contributed by atoms with Gasteiger partial charge >= 0.3 is 0 Å². The van der Waals surface area contributed by atoms with E-state index in [1.165, 1.54) is 37.4 Å². The first-order valence-corrected chi connectivity index (χ1v) is 7.42. The summed E-state index contributed by atoms with van der Waals surface area (Å²) in [5.74, 6) is 0. The first-order valence-electron chi connectivity index (χ1n) is 6.54. The second kappa shape index (κ2) is 7.11. The smallest absolute Gasteiger partial charge is 0.0412 e. The predicted octanol–water partition coefficient (Wildman–Crippen LogP) is 1.69. The molecule has 0 amide bonds. The van der Waals surface area contributed by atoms with Crippen LogP contribution in [0.5, 0.6) is 0 Å². The van der Waals surface area contributed by atoms with Gasteiger partial charge in [-0.1, -0.05) is 6.07 Å². The molecule has 17 heavy (non-hydrogen) atoms. The average molecular weight is 253 g/mol. The third kappa shape index (κ3) is 4.07. The number of nitrogens with zero attached hydrogens (tertiary/aromatic N) is 1. The molecule has 1 aliphatic heterocycles. The number of hydrogen-bond donors (Lipinski definition) is 2. The Hall–Kier alpha value is -0.420. The number of nitrogens with one attached hydrogen (secondary N) is 2. The molecule has 96 valence electrons. The second-order valence-electron chi connectivity index (χ2n) is 4.59. The summed E-state index contributed by atoms with van der Waals surface area (Å²) in [6, 6.07) is 4.91. The highest BCUT2D eigenvalue weighted by molar-refractivity contribution is 7.10. The van der Waals surface area contributed by atoms with Crippen LogP contribution in [0, 0.1) is 0 Å². The van der Waals surface area contributed by atoms with Crippen molar-refractivity contribution in [2.45, 2.75) is 18.9 Å². The van der Waals surface area contributed by atoms with E-state index in [9.17, 15) is 0 Å². The highest BCUT2D eigenvalue weighted by Gasteiger charge is 2.12. The first kappa shape index (κ1) is 13.0. The summed E-state index contributed by atoms with van der Waals surface area (Å²) in [4.78, 5) is 4.03. The van der Waals surface area contributed by atoms with Crippen molar-refractivity contribution in [1.82, 2.24) is 15.5 Å². The number of rotatable bonds is 6. The molecule has 0 aliphatic carbocycles. The maximum atomic E-state index is 3.42. The van der Waals surface area contributed by atoms with Crippen molar-refractivity contribution in [2.24, 2.45) is 0 Å². The van der Waals surface area contributed by atoms with Gasteiger partial charge in [0.2, 0.25) is 0 Å². The lowest BCUT2D eigenvalue weighted by atomic mass is 10.1. The van der Waals surface area contributed by atoms with Crippen molar-refractivity contribution in [3.63, 3.8) is 0 Å². The maximum absolute atomic E-state index is 3.42. The highest BCUT2D eigenvalue weighted by Crippen LogP contribution is 2.22. The molecule has 1 aromatic rings. The molecule has 3 nitrogen and oxygen atoms in total. The van der Waals surface area contributed by atoms with E-state index in [0.717, 1.165) is 13.1 Å². The van der Waals surface area contributed by atoms with Crippen molar-refractivity contribution in [1.29, 1.82) is 0 Å². The van der Waals surface area contributed by atoms with Gasteiger partial charge in [-0.15, -0.1) is 11.3 Å². The topological polar surface area (TPSA) is 27.3 Å².